The zero-order valence-corrected chi connectivity index (χ0v) is 21.8. The van der Waals surface area contributed by atoms with Crippen LogP contribution >= 0.6 is 22.7 Å². The second-order valence-corrected chi connectivity index (χ2v) is 12.1. The number of likely N-dealkylation sites (tertiary alicyclic amines) is 1. The molecule has 0 spiro atoms. The lowest BCUT2D eigenvalue weighted by atomic mass is 9.80. The highest BCUT2D eigenvalue weighted by Crippen LogP contribution is 2.34. The van der Waals surface area contributed by atoms with Crippen LogP contribution in [-0.4, -0.2) is 60.0 Å². The molecule has 7 nitrogen and oxygen atoms in total. The van der Waals surface area contributed by atoms with Crippen molar-refractivity contribution in [1.82, 2.24) is 15.5 Å². The third-order valence-electron chi connectivity index (χ3n) is 6.49. The lowest BCUT2D eigenvalue weighted by Crippen LogP contribution is -2.55. The van der Waals surface area contributed by atoms with E-state index >= 15 is 0 Å². The molecule has 0 radical (unpaired) electrons. The smallest absolute Gasteiger partial charge is 0.310 e. The molecule has 2 amide bonds. The number of amides is 2. The predicted octanol–water partition coefficient (Wildman–Crippen LogP) is 3.91. The zero-order valence-electron chi connectivity index (χ0n) is 20.1. The summed E-state index contributed by atoms with van der Waals surface area (Å²) in [7, 11) is 1.40. The average molecular weight is 504 g/mol. The summed E-state index contributed by atoms with van der Waals surface area (Å²) in [6.07, 6.45) is 2.80. The SMILES string of the molecule is COC(=O)[C@@H]1C[C@H](NC(C)(C)C)CC[C@@H]1N1CCC(NC(=O)c2ccc(-c3cccs3)s2)C1=O. The molecule has 2 aromatic rings. The standard InChI is InChI=1S/C25H33N3O4S2/c1-25(2,3)27-15-7-8-18(16(14-15)24(31)32-4)28-12-11-17(23(28)30)26-22(29)21-10-9-20(34-21)19-6-5-13-33-19/h5-6,9-10,13,15-18,27H,7-8,11-12,14H2,1-4H3,(H,26,29)/t15-,16-,17?,18+/m1/s1. The summed E-state index contributed by atoms with van der Waals surface area (Å²) in [5, 5.41) is 8.52. The first kappa shape index (κ1) is 24.9. The quantitative estimate of drug-likeness (QED) is 0.584. The van der Waals surface area contributed by atoms with Gasteiger partial charge in [-0.25, -0.2) is 0 Å². The van der Waals surface area contributed by atoms with E-state index in [2.05, 4.69) is 31.4 Å². The Morgan fingerprint density at radius 1 is 1.12 bits per heavy atom. The molecule has 34 heavy (non-hydrogen) atoms. The Bertz CT molecular complexity index is 1030. The van der Waals surface area contributed by atoms with Gasteiger partial charge in [0.15, 0.2) is 0 Å². The maximum absolute atomic E-state index is 13.3. The predicted molar refractivity (Wildman–Crippen MR) is 135 cm³/mol. The van der Waals surface area contributed by atoms with Crippen molar-refractivity contribution in [3.05, 3.63) is 34.5 Å². The number of ether oxygens (including phenoxy) is 1. The molecule has 3 heterocycles. The lowest BCUT2D eigenvalue weighted by molar-refractivity contribution is -0.151. The number of nitrogens with one attached hydrogen (secondary N) is 2. The van der Waals surface area contributed by atoms with E-state index in [1.54, 1.807) is 16.2 Å². The highest BCUT2D eigenvalue weighted by molar-refractivity contribution is 7.22. The molecule has 4 atom stereocenters. The largest absolute Gasteiger partial charge is 0.469 e. The Hall–Kier alpha value is -2.23. The normalized spacial score (nSPS) is 25.4. The van der Waals surface area contributed by atoms with Crippen LogP contribution in [0.2, 0.25) is 0 Å². The van der Waals surface area contributed by atoms with Crippen LogP contribution in [0.3, 0.4) is 0 Å². The van der Waals surface area contributed by atoms with E-state index in [4.69, 9.17) is 4.74 Å². The number of methoxy groups -OCH3 is 1. The summed E-state index contributed by atoms with van der Waals surface area (Å²) in [4.78, 5) is 43.3. The van der Waals surface area contributed by atoms with Gasteiger partial charge in [0.25, 0.3) is 5.91 Å². The van der Waals surface area contributed by atoms with Crippen molar-refractivity contribution in [2.24, 2.45) is 5.92 Å². The second kappa shape index (κ2) is 10.2. The number of thiophene rings is 2. The molecule has 1 saturated heterocycles. The minimum atomic E-state index is -0.566. The number of hydrogen-bond donors (Lipinski definition) is 2. The first-order valence-electron chi connectivity index (χ1n) is 11.8. The van der Waals surface area contributed by atoms with Gasteiger partial charge in [-0.3, -0.25) is 14.4 Å². The number of hydrogen-bond acceptors (Lipinski definition) is 7. The van der Waals surface area contributed by atoms with Gasteiger partial charge in [-0.1, -0.05) is 6.07 Å². The van der Waals surface area contributed by atoms with Gasteiger partial charge in [-0.05, 0) is 70.0 Å². The number of nitrogens with zero attached hydrogens (tertiary/aromatic N) is 1. The third-order valence-corrected chi connectivity index (χ3v) is 8.64. The van der Waals surface area contributed by atoms with Gasteiger partial charge >= 0.3 is 5.97 Å². The van der Waals surface area contributed by atoms with Gasteiger partial charge in [0.2, 0.25) is 5.91 Å². The fourth-order valence-corrected chi connectivity index (χ4v) is 6.83. The van der Waals surface area contributed by atoms with Gasteiger partial charge in [0.1, 0.15) is 6.04 Å². The van der Waals surface area contributed by atoms with E-state index < -0.39 is 6.04 Å². The van der Waals surface area contributed by atoms with Gasteiger partial charge in [0, 0.05) is 33.9 Å². The molecule has 2 aromatic heterocycles. The molecule has 1 aliphatic heterocycles. The maximum Gasteiger partial charge on any atom is 0.310 e. The van der Waals surface area contributed by atoms with Crippen LogP contribution in [0.1, 0.15) is 56.1 Å². The Morgan fingerprint density at radius 3 is 2.59 bits per heavy atom. The highest BCUT2D eigenvalue weighted by atomic mass is 32.1. The Morgan fingerprint density at radius 2 is 1.91 bits per heavy atom. The molecule has 184 valence electrons. The highest BCUT2D eigenvalue weighted by Gasteiger charge is 2.45. The fraction of sp³-hybridized carbons (Fsp3) is 0.560. The van der Waals surface area contributed by atoms with Crippen molar-refractivity contribution in [3.8, 4) is 9.75 Å². The van der Waals surface area contributed by atoms with Gasteiger partial charge in [0.05, 0.1) is 17.9 Å². The van der Waals surface area contributed by atoms with Crippen molar-refractivity contribution in [2.75, 3.05) is 13.7 Å². The summed E-state index contributed by atoms with van der Waals surface area (Å²) >= 11 is 3.06. The van der Waals surface area contributed by atoms with Crippen LogP contribution < -0.4 is 10.6 Å². The van der Waals surface area contributed by atoms with Crippen LogP contribution in [0.15, 0.2) is 29.6 Å². The van der Waals surface area contributed by atoms with Crippen LogP contribution in [0.5, 0.6) is 0 Å². The molecule has 9 heteroatoms. The van der Waals surface area contributed by atoms with Crippen molar-refractivity contribution in [2.45, 2.75) is 70.1 Å². The van der Waals surface area contributed by atoms with E-state index in [1.807, 2.05) is 29.6 Å². The third kappa shape index (κ3) is 5.53. The summed E-state index contributed by atoms with van der Waals surface area (Å²) in [5.74, 6) is -0.979. The molecule has 0 bridgehead atoms. The van der Waals surface area contributed by atoms with E-state index in [0.29, 0.717) is 24.3 Å². The Kier molecular flexibility index (Phi) is 7.45. The number of carbonyl (C=O) groups excluding carboxylic acids is 3. The minimum absolute atomic E-state index is 0.0534. The average Bonchev–Trinajstić information content (AvgIpc) is 3.54. The topological polar surface area (TPSA) is 87.7 Å². The monoisotopic (exact) mass is 503 g/mol. The van der Waals surface area contributed by atoms with Gasteiger partial charge in [-0.15, -0.1) is 22.7 Å². The molecular weight excluding hydrogens is 470 g/mol. The lowest BCUT2D eigenvalue weighted by Gasteiger charge is -2.41. The molecule has 1 saturated carbocycles. The van der Waals surface area contributed by atoms with Crippen molar-refractivity contribution < 1.29 is 19.1 Å². The second-order valence-electron chi connectivity index (χ2n) is 10.1. The molecule has 0 aromatic carbocycles. The van der Waals surface area contributed by atoms with Crippen molar-refractivity contribution in [1.29, 1.82) is 0 Å². The molecule has 4 rings (SSSR count). The van der Waals surface area contributed by atoms with Crippen LogP contribution in [0.25, 0.3) is 9.75 Å². The summed E-state index contributed by atoms with van der Waals surface area (Å²) in [6.45, 7) is 6.87. The molecule has 2 aliphatic rings. The summed E-state index contributed by atoms with van der Waals surface area (Å²) in [5.41, 5.74) is -0.0534. The van der Waals surface area contributed by atoms with Gasteiger partial charge in [-0.2, -0.15) is 0 Å². The first-order chi connectivity index (χ1) is 16.2. The maximum atomic E-state index is 13.3. The molecular formula is C25H33N3O4S2. The van der Waals surface area contributed by atoms with Crippen LogP contribution in [-0.2, 0) is 14.3 Å². The molecule has 1 aliphatic carbocycles. The van der Waals surface area contributed by atoms with Crippen LogP contribution in [0.4, 0.5) is 0 Å². The summed E-state index contributed by atoms with van der Waals surface area (Å²) in [6, 6.07) is 7.20. The minimum Gasteiger partial charge on any atom is -0.469 e. The molecule has 2 N–H and O–H groups in total. The zero-order chi connectivity index (χ0) is 24.5. The van der Waals surface area contributed by atoms with Crippen molar-refractivity contribution >= 4 is 40.5 Å². The van der Waals surface area contributed by atoms with Crippen molar-refractivity contribution in [3.63, 3.8) is 0 Å². The number of carbonyl (C=O) groups is 3. The van der Waals surface area contributed by atoms with E-state index in [9.17, 15) is 14.4 Å². The van der Waals surface area contributed by atoms with E-state index in [1.165, 1.54) is 18.4 Å². The van der Waals surface area contributed by atoms with E-state index in [0.717, 1.165) is 22.6 Å². The molecule has 2 fully saturated rings. The fourth-order valence-electron chi connectivity index (χ4n) is 5.08. The number of esters is 1. The number of rotatable bonds is 6. The first-order valence-corrected chi connectivity index (χ1v) is 13.5. The van der Waals surface area contributed by atoms with Crippen LogP contribution in [0, 0.1) is 5.92 Å². The Balaban J connectivity index is 1.40. The van der Waals surface area contributed by atoms with Gasteiger partial charge < -0.3 is 20.3 Å². The molecule has 1 unspecified atom stereocenters. The van der Waals surface area contributed by atoms with E-state index in [-0.39, 0.29) is 41.3 Å². The summed E-state index contributed by atoms with van der Waals surface area (Å²) < 4.78 is 5.10. The Labute approximate surface area is 208 Å².